The highest BCUT2D eigenvalue weighted by Crippen LogP contribution is 2.40. The predicted molar refractivity (Wildman–Crippen MR) is 71.9 cm³/mol. The highest BCUT2D eigenvalue weighted by molar-refractivity contribution is 5.12. The van der Waals surface area contributed by atoms with Crippen molar-refractivity contribution in [2.75, 3.05) is 6.54 Å². The SMILES string of the molecule is CCC1(CNCc2ccc(C)cn2)CCCC1. The topological polar surface area (TPSA) is 24.9 Å². The normalized spacial score (nSPS) is 18.5. The first-order valence-corrected chi connectivity index (χ1v) is 6.86. The summed E-state index contributed by atoms with van der Waals surface area (Å²) in [5, 5.41) is 3.59. The summed E-state index contributed by atoms with van der Waals surface area (Å²) in [5.41, 5.74) is 2.96. The van der Waals surface area contributed by atoms with E-state index in [1.807, 2.05) is 6.20 Å². The van der Waals surface area contributed by atoms with Gasteiger partial charge in [0.1, 0.15) is 0 Å². The molecule has 0 unspecified atom stereocenters. The highest BCUT2D eigenvalue weighted by Gasteiger charge is 2.31. The number of pyridine rings is 1. The van der Waals surface area contributed by atoms with Crippen molar-refractivity contribution in [3.05, 3.63) is 29.6 Å². The maximum Gasteiger partial charge on any atom is 0.0541 e. The molecule has 1 saturated carbocycles. The van der Waals surface area contributed by atoms with Crippen molar-refractivity contribution in [1.29, 1.82) is 0 Å². The molecule has 1 aromatic heterocycles. The second-order valence-electron chi connectivity index (χ2n) is 5.49. The zero-order valence-electron chi connectivity index (χ0n) is 11.1. The van der Waals surface area contributed by atoms with E-state index in [1.165, 1.54) is 37.7 Å². The molecule has 1 fully saturated rings. The van der Waals surface area contributed by atoms with Gasteiger partial charge < -0.3 is 5.32 Å². The van der Waals surface area contributed by atoms with E-state index in [0.717, 1.165) is 18.8 Å². The fourth-order valence-electron chi connectivity index (χ4n) is 2.84. The van der Waals surface area contributed by atoms with Crippen molar-refractivity contribution in [2.45, 2.75) is 52.5 Å². The number of hydrogen-bond donors (Lipinski definition) is 1. The van der Waals surface area contributed by atoms with Crippen LogP contribution >= 0.6 is 0 Å². The highest BCUT2D eigenvalue weighted by atomic mass is 14.9. The molecule has 1 heterocycles. The van der Waals surface area contributed by atoms with Gasteiger partial charge in [0.15, 0.2) is 0 Å². The maximum absolute atomic E-state index is 4.43. The summed E-state index contributed by atoms with van der Waals surface area (Å²) in [7, 11) is 0. The van der Waals surface area contributed by atoms with Crippen molar-refractivity contribution in [3.63, 3.8) is 0 Å². The van der Waals surface area contributed by atoms with E-state index in [0.29, 0.717) is 5.41 Å². The third kappa shape index (κ3) is 3.29. The first-order chi connectivity index (χ1) is 8.24. The molecule has 1 aliphatic carbocycles. The molecule has 1 N–H and O–H groups in total. The fraction of sp³-hybridized carbons (Fsp3) is 0.667. The molecule has 1 aliphatic rings. The Labute approximate surface area is 105 Å². The average molecular weight is 232 g/mol. The number of rotatable bonds is 5. The van der Waals surface area contributed by atoms with Gasteiger partial charge >= 0.3 is 0 Å². The van der Waals surface area contributed by atoms with Crippen molar-refractivity contribution in [3.8, 4) is 0 Å². The van der Waals surface area contributed by atoms with E-state index >= 15 is 0 Å². The van der Waals surface area contributed by atoms with Crippen LogP contribution in [0.3, 0.4) is 0 Å². The van der Waals surface area contributed by atoms with Crippen LogP contribution in [0.1, 0.15) is 50.3 Å². The van der Waals surface area contributed by atoms with E-state index in [-0.39, 0.29) is 0 Å². The van der Waals surface area contributed by atoms with E-state index in [4.69, 9.17) is 0 Å². The van der Waals surface area contributed by atoms with Crippen molar-refractivity contribution in [2.24, 2.45) is 5.41 Å². The Balaban J connectivity index is 1.80. The summed E-state index contributed by atoms with van der Waals surface area (Å²) < 4.78 is 0. The molecular weight excluding hydrogens is 208 g/mol. The summed E-state index contributed by atoms with van der Waals surface area (Å²) in [6, 6.07) is 4.25. The maximum atomic E-state index is 4.43. The van der Waals surface area contributed by atoms with Gasteiger partial charge in [0, 0.05) is 19.3 Å². The minimum atomic E-state index is 0.574. The third-order valence-corrected chi connectivity index (χ3v) is 4.19. The minimum absolute atomic E-state index is 0.574. The lowest BCUT2D eigenvalue weighted by Gasteiger charge is -2.27. The van der Waals surface area contributed by atoms with Crippen LogP contribution in [0.15, 0.2) is 18.3 Å². The summed E-state index contributed by atoms with van der Waals surface area (Å²) in [6.45, 7) is 6.47. The molecule has 2 heteroatoms. The van der Waals surface area contributed by atoms with Crippen LogP contribution in [-0.4, -0.2) is 11.5 Å². The van der Waals surface area contributed by atoms with Gasteiger partial charge in [-0.1, -0.05) is 25.8 Å². The van der Waals surface area contributed by atoms with Gasteiger partial charge in [-0.15, -0.1) is 0 Å². The van der Waals surface area contributed by atoms with Crippen LogP contribution in [0.25, 0.3) is 0 Å². The van der Waals surface area contributed by atoms with E-state index in [2.05, 4.69) is 36.3 Å². The predicted octanol–water partition coefficient (Wildman–Crippen LogP) is 3.45. The van der Waals surface area contributed by atoms with Crippen LogP contribution in [0.5, 0.6) is 0 Å². The minimum Gasteiger partial charge on any atom is -0.311 e. The molecule has 2 rings (SSSR count). The van der Waals surface area contributed by atoms with Gasteiger partial charge in [-0.25, -0.2) is 0 Å². The fourth-order valence-corrected chi connectivity index (χ4v) is 2.84. The van der Waals surface area contributed by atoms with Crippen molar-refractivity contribution in [1.82, 2.24) is 10.3 Å². The molecule has 0 aliphatic heterocycles. The Morgan fingerprint density at radius 3 is 2.65 bits per heavy atom. The molecule has 1 aromatic rings. The summed E-state index contributed by atoms with van der Waals surface area (Å²) in [4.78, 5) is 4.43. The van der Waals surface area contributed by atoms with Crippen molar-refractivity contribution < 1.29 is 0 Å². The largest absolute Gasteiger partial charge is 0.311 e. The lowest BCUT2D eigenvalue weighted by Crippen LogP contribution is -2.31. The van der Waals surface area contributed by atoms with Gasteiger partial charge in [0.25, 0.3) is 0 Å². The first-order valence-electron chi connectivity index (χ1n) is 6.86. The van der Waals surface area contributed by atoms with Crippen LogP contribution in [0.2, 0.25) is 0 Å². The smallest absolute Gasteiger partial charge is 0.0541 e. The molecule has 0 saturated heterocycles. The molecule has 0 radical (unpaired) electrons. The zero-order chi connectivity index (χ0) is 12.1. The lowest BCUT2D eigenvalue weighted by molar-refractivity contribution is 0.268. The third-order valence-electron chi connectivity index (χ3n) is 4.19. The van der Waals surface area contributed by atoms with Crippen molar-refractivity contribution >= 4 is 0 Å². The Morgan fingerprint density at radius 2 is 2.06 bits per heavy atom. The van der Waals surface area contributed by atoms with E-state index in [1.54, 1.807) is 0 Å². The second kappa shape index (κ2) is 5.63. The van der Waals surface area contributed by atoms with E-state index < -0.39 is 0 Å². The van der Waals surface area contributed by atoms with Gasteiger partial charge in [-0.3, -0.25) is 4.98 Å². The summed E-state index contributed by atoms with van der Waals surface area (Å²) in [6.07, 6.45) is 8.88. The van der Waals surface area contributed by atoms with Crippen LogP contribution in [-0.2, 0) is 6.54 Å². The molecule has 94 valence electrons. The summed E-state index contributed by atoms with van der Waals surface area (Å²) in [5.74, 6) is 0. The average Bonchev–Trinajstić information content (AvgIpc) is 2.81. The monoisotopic (exact) mass is 232 g/mol. The van der Waals surface area contributed by atoms with Gasteiger partial charge in [0.05, 0.1) is 5.69 Å². The molecule has 0 amide bonds. The second-order valence-corrected chi connectivity index (χ2v) is 5.49. The van der Waals surface area contributed by atoms with Crippen LogP contribution in [0.4, 0.5) is 0 Å². The number of nitrogens with one attached hydrogen (secondary N) is 1. The van der Waals surface area contributed by atoms with E-state index in [9.17, 15) is 0 Å². The first kappa shape index (κ1) is 12.6. The molecular formula is C15H24N2. The lowest BCUT2D eigenvalue weighted by atomic mass is 9.83. The molecule has 17 heavy (non-hydrogen) atoms. The number of aromatic nitrogens is 1. The molecule has 0 aromatic carbocycles. The quantitative estimate of drug-likeness (QED) is 0.841. The number of nitrogens with zero attached hydrogens (tertiary/aromatic N) is 1. The number of aryl methyl sites for hydroxylation is 1. The van der Waals surface area contributed by atoms with Gasteiger partial charge in [0.2, 0.25) is 0 Å². The Kier molecular flexibility index (Phi) is 4.16. The Bertz CT molecular complexity index is 336. The summed E-state index contributed by atoms with van der Waals surface area (Å²) >= 11 is 0. The van der Waals surface area contributed by atoms with Crippen LogP contribution in [0, 0.1) is 12.3 Å². The molecule has 0 bridgehead atoms. The molecule has 0 spiro atoms. The zero-order valence-corrected chi connectivity index (χ0v) is 11.1. The number of hydrogen-bond acceptors (Lipinski definition) is 2. The van der Waals surface area contributed by atoms with Gasteiger partial charge in [-0.05, 0) is 43.2 Å². The van der Waals surface area contributed by atoms with Gasteiger partial charge in [-0.2, -0.15) is 0 Å². The Hall–Kier alpha value is -0.890. The van der Waals surface area contributed by atoms with Crippen LogP contribution < -0.4 is 5.32 Å². The molecule has 0 atom stereocenters. The standard InChI is InChI=1S/C15H24N2/c1-3-15(8-4-5-9-15)12-16-11-14-7-6-13(2)10-17-14/h6-7,10,16H,3-5,8-9,11-12H2,1-2H3. The molecule has 2 nitrogen and oxygen atoms in total. The Morgan fingerprint density at radius 1 is 1.29 bits per heavy atom.